The highest BCUT2D eigenvalue weighted by atomic mass is 79.9. The molecule has 2 aliphatic rings. The molecule has 0 fully saturated rings. The molecule has 0 saturated heterocycles. The van der Waals surface area contributed by atoms with Gasteiger partial charge >= 0.3 is 5.97 Å². The Morgan fingerprint density at radius 2 is 2.13 bits per heavy atom. The highest BCUT2D eigenvalue weighted by Crippen LogP contribution is 2.43. The maximum atomic E-state index is 12.6. The number of nitrogens with zero attached hydrogens (tertiary/aromatic N) is 1. The lowest BCUT2D eigenvalue weighted by molar-refractivity contribution is -0.143. The lowest BCUT2D eigenvalue weighted by Crippen LogP contribution is -2.36. The summed E-state index contributed by atoms with van der Waals surface area (Å²) in [5.41, 5.74) is 3.18. The maximum Gasteiger partial charge on any atom is 0.315 e. The molecule has 1 heterocycles. The van der Waals surface area contributed by atoms with Gasteiger partial charge in [-0.05, 0) is 37.5 Å². The van der Waals surface area contributed by atoms with Gasteiger partial charge in [0.25, 0.3) is 0 Å². The number of allylic oxidation sites excluding steroid dienone is 2. The van der Waals surface area contributed by atoms with E-state index in [2.05, 4.69) is 20.9 Å². The third-order valence-electron chi connectivity index (χ3n) is 4.50. The predicted molar refractivity (Wildman–Crippen MR) is 91.4 cm³/mol. The third-order valence-corrected chi connectivity index (χ3v) is 4.99. The van der Waals surface area contributed by atoms with Gasteiger partial charge < -0.3 is 4.74 Å². The average molecular weight is 376 g/mol. The summed E-state index contributed by atoms with van der Waals surface area (Å²) < 4.78 is 5.91. The monoisotopic (exact) mass is 375 g/mol. The van der Waals surface area contributed by atoms with E-state index >= 15 is 0 Å². The van der Waals surface area contributed by atoms with E-state index in [-0.39, 0.29) is 17.7 Å². The molecule has 1 aromatic rings. The first kappa shape index (κ1) is 16.1. The van der Waals surface area contributed by atoms with Crippen molar-refractivity contribution in [3.05, 3.63) is 45.6 Å². The molecular weight excluding hydrogens is 358 g/mol. The molecule has 1 aliphatic carbocycles. The second-order valence-corrected chi connectivity index (χ2v) is 6.84. The van der Waals surface area contributed by atoms with Crippen LogP contribution in [0.5, 0.6) is 0 Å². The van der Waals surface area contributed by atoms with Crippen molar-refractivity contribution in [1.29, 1.82) is 0 Å². The second kappa shape index (κ2) is 6.40. The van der Waals surface area contributed by atoms with Gasteiger partial charge in [-0.3, -0.25) is 14.6 Å². The van der Waals surface area contributed by atoms with Crippen LogP contribution in [0.25, 0.3) is 0 Å². The molecule has 0 saturated carbocycles. The number of aliphatic imine (C=N–C) groups is 1. The lowest BCUT2D eigenvalue weighted by Gasteiger charge is -2.34. The van der Waals surface area contributed by atoms with Gasteiger partial charge in [-0.2, -0.15) is 0 Å². The number of ketones is 1. The van der Waals surface area contributed by atoms with E-state index in [1.54, 1.807) is 0 Å². The number of methoxy groups -OCH3 is 1. The quantitative estimate of drug-likeness (QED) is 0.738. The molecule has 0 bridgehead atoms. The van der Waals surface area contributed by atoms with E-state index < -0.39 is 5.92 Å². The van der Waals surface area contributed by atoms with E-state index in [1.165, 1.54) is 7.11 Å². The molecule has 1 aromatic carbocycles. The Morgan fingerprint density at radius 1 is 1.35 bits per heavy atom. The topological polar surface area (TPSA) is 55.7 Å². The van der Waals surface area contributed by atoms with Crippen LogP contribution in [0.3, 0.4) is 0 Å². The number of halogens is 1. The van der Waals surface area contributed by atoms with Gasteiger partial charge in [-0.1, -0.05) is 28.1 Å². The van der Waals surface area contributed by atoms with Crippen LogP contribution in [-0.2, 0) is 14.3 Å². The van der Waals surface area contributed by atoms with Crippen molar-refractivity contribution < 1.29 is 14.3 Å². The Labute approximate surface area is 143 Å². The number of hydrogen-bond donors (Lipinski definition) is 0. The fraction of sp³-hybridized carbons (Fsp3) is 0.389. The van der Waals surface area contributed by atoms with Gasteiger partial charge in [-0.15, -0.1) is 0 Å². The Morgan fingerprint density at radius 3 is 2.83 bits per heavy atom. The first-order chi connectivity index (χ1) is 11.0. The standard InChI is InChI=1S/C18H18BrNO3/c1-10-15(18(22)23-2)16(11-5-3-6-12(19)9-11)17-13(20-10)7-4-8-14(17)21/h3,5-6,9,15-16H,4,7-8H2,1-2H3/t15?,16-/m1/s1. The number of esters is 1. The fourth-order valence-corrected chi connectivity index (χ4v) is 3.92. The van der Waals surface area contributed by atoms with Gasteiger partial charge in [0.1, 0.15) is 5.92 Å². The third kappa shape index (κ3) is 2.90. The van der Waals surface area contributed by atoms with E-state index in [0.29, 0.717) is 12.0 Å². The fourth-order valence-electron chi connectivity index (χ4n) is 3.50. The van der Waals surface area contributed by atoms with Crippen LogP contribution < -0.4 is 0 Å². The predicted octanol–water partition coefficient (Wildman–Crippen LogP) is 3.80. The molecule has 4 nitrogen and oxygen atoms in total. The lowest BCUT2D eigenvalue weighted by atomic mass is 9.72. The summed E-state index contributed by atoms with van der Waals surface area (Å²) in [6.07, 6.45) is 2.13. The highest BCUT2D eigenvalue weighted by molar-refractivity contribution is 9.10. The number of carbonyl (C=O) groups is 2. The van der Waals surface area contributed by atoms with E-state index in [9.17, 15) is 9.59 Å². The van der Waals surface area contributed by atoms with Gasteiger partial charge in [0.05, 0.1) is 7.11 Å². The molecule has 3 rings (SSSR count). The van der Waals surface area contributed by atoms with Crippen LogP contribution in [-0.4, -0.2) is 24.6 Å². The molecular formula is C18H18BrNO3. The number of hydrogen-bond acceptors (Lipinski definition) is 4. The zero-order valence-electron chi connectivity index (χ0n) is 13.1. The number of benzene rings is 1. The zero-order valence-corrected chi connectivity index (χ0v) is 14.7. The van der Waals surface area contributed by atoms with Crippen LogP contribution in [0.1, 0.15) is 37.7 Å². The number of carbonyl (C=O) groups excluding carboxylic acids is 2. The van der Waals surface area contributed by atoms with Crippen molar-refractivity contribution in [2.45, 2.75) is 32.1 Å². The van der Waals surface area contributed by atoms with Crippen LogP contribution in [0.4, 0.5) is 0 Å². The van der Waals surface area contributed by atoms with Gasteiger partial charge in [0.2, 0.25) is 0 Å². The van der Waals surface area contributed by atoms with Crippen molar-refractivity contribution in [2.24, 2.45) is 10.9 Å². The molecule has 5 heteroatoms. The van der Waals surface area contributed by atoms with Crippen LogP contribution in [0.15, 0.2) is 45.0 Å². The summed E-state index contributed by atoms with van der Waals surface area (Å²) >= 11 is 3.47. The largest absolute Gasteiger partial charge is 0.468 e. The van der Waals surface area contributed by atoms with Gasteiger partial charge in [-0.25, -0.2) is 0 Å². The van der Waals surface area contributed by atoms with E-state index in [1.807, 2.05) is 31.2 Å². The summed E-state index contributed by atoms with van der Waals surface area (Å²) in [7, 11) is 1.38. The minimum Gasteiger partial charge on any atom is -0.468 e. The molecule has 23 heavy (non-hydrogen) atoms. The normalized spacial score (nSPS) is 24.1. The Balaban J connectivity index is 2.19. The average Bonchev–Trinajstić information content (AvgIpc) is 2.53. The minimum atomic E-state index is -0.546. The van der Waals surface area contributed by atoms with Crippen molar-refractivity contribution in [3.63, 3.8) is 0 Å². The Kier molecular flexibility index (Phi) is 4.48. The van der Waals surface area contributed by atoms with Crippen LogP contribution in [0.2, 0.25) is 0 Å². The SMILES string of the molecule is COC(=O)C1C(C)=NC2=C(C(=O)CCC2)[C@@H]1c1cccc(Br)c1. The maximum absolute atomic E-state index is 12.6. The van der Waals surface area contributed by atoms with E-state index in [4.69, 9.17) is 4.74 Å². The highest BCUT2D eigenvalue weighted by Gasteiger charge is 2.42. The van der Waals surface area contributed by atoms with Crippen molar-refractivity contribution >= 4 is 33.4 Å². The van der Waals surface area contributed by atoms with Gasteiger partial charge in [0.15, 0.2) is 5.78 Å². The van der Waals surface area contributed by atoms with Crippen molar-refractivity contribution in [1.82, 2.24) is 0 Å². The minimum absolute atomic E-state index is 0.0985. The molecule has 0 N–H and O–H groups in total. The van der Waals surface area contributed by atoms with Crippen LogP contribution in [0, 0.1) is 5.92 Å². The smallest absolute Gasteiger partial charge is 0.315 e. The molecule has 2 atom stereocenters. The summed E-state index contributed by atoms with van der Waals surface area (Å²) in [6, 6.07) is 7.77. The molecule has 1 aliphatic heterocycles. The number of ether oxygens (including phenoxy) is 1. The second-order valence-electron chi connectivity index (χ2n) is 5.92. The van der Waals surface area contributed by atoms with E-state index in [0.717, 1.165) is 34.3 Å². The molecule has 0 spiro atoms. The number of Topliss-reactive ketones (excluding diaryl/α,β-unsaturated/α-hetero) is 1. The Hall–Kier alpha value is -1.75. The van der Waals surface area contributed by atoms with Crippen LogP contribution >= 0.6 is 15.9 Å². The molecule has 120 valence electrons. The first-order valence-corrected chi connectivity index (χ1v) is 8.47. The number of rotatable bonds is 2. The summed E-state index contributed by atoms with van der Waals surface area (Å²) in [5, 5.41) is 0. The first-order valence-electron chi connectivity index (χ1n) is 7.67. The summed E-state index contributed by atoms with van der Waals surface area (Å²) in [6.45, 7) is 1.84. The molecule has 0 radical (unpaired) electrons. The summed E-state index contributed by atoms with van der Waals surface area (Å²) in [5.74, 6) is -1.11. The van der Waals surface area contributed by atoms with Crippen molar-refractivity contribution in [3.8, 4) is 0 Å². The van der Waals surface area contributed by atoms with Gasteiger partial charge in [0, 0.05) is 33.8 Å². The molecule has 0 aromatic heterocycles. The summed E-state index contributed by atoms with van der Waals surface area (Å²) in [4.78, 5) is 29.5. The molecule has 1 unspecified atom stereocenters. The van der Waals surface area contributed by atoms with Crippen molar-refractivity contribution in [2.75, 3.05) is 7.11 Å². The zero-order chi connectivity index (χ0) is 16.6. The molecule has 0 amide bonds. The Bertz CT molecular complexity index is 736.